The van der Waals surface area contributed by atoms with E-state index < -0.39 is 0 Å². The molecule has 0 aromatic heterocycles. The van der Waals surface area contributed by atoms with E-state index in [1.807, 2.05) is 6.07 Å². The largest absolute Gasteiger partial charge is 0.348 e. The van der Waals surface area contributed by atoms with E-state index in [1.165, 1.54) is 6.92 Å². The van der Waals surface area contributed by atoms with E-state index in [-0.39, 0.29) is 11.8 Å². The summed E-state index contributed by atoms with van der Waals surface area (Å²) in [5.41, 5.74) is 2.44. The minimum Gasteiger partial charge on any atom is -0.348 e. The van der Waals surface area contributed by atoms with Gasteiger partial charge in [0.1, 0.15) is 0 Å². The fourth-order valence-electron chi connectivity index (χ4n) is 1.98. The Morgan fingerprint density at radius 2 is 1.91 bits per heavy atom. The zero-order valence-corrected chi connectivity index (χ0v) is 12.1. The Morgan fingerprint density at radius 3 is 2.64 bits per heavy atom. The molecule has 0 fully saturated rings. The second-order valence-electron chi connectivity index (χ2n) is 4.76. The van der Waals surface area contributed by atoms with Gasteiger partial charge in [-0.15, -0.1) is 0 Å². The molecule has 2 rings (SSSR count). The van der Waals surface area contributed by atoms with Gasteiger partial charge in [-0.1, -0.05) is 18.2 Å². The lowest BCUT2D eigenvalue weighted by molar-refractivity contribution is -0.114. The van der Waals surface area contributed by atoms with Crippen LogP contribution in [0.15, 0.2) is 48.5 Å². The summed E-state index contributed by atoms with van der Waals surface area (Å²) in [5.74, 6) is -0.430. The van der Waals surface area contributed by atoms with Crippen LogP contribution in [0.25, 0.3) is 0 Å². The highest BCUT2D eigenvalue weighted by Gasteiger charge is 2.07. The van der Waals surface area contributed by atoms with Crippen molar-refractivity contribution in [2.45, 2.75) is 13.5 Å². The number of nitriles is 1. The quantitative estimate of drug-likeness (QED) is 0.908. The molecule has 5 heteroatoms. The number of hydrogen-bond acceptors (Lipinski definition) is 3. The highest BCUT2D eigenvalue weighted by Crippen LogP contribution is 2.11. The first-order chi connectivity index (χ1) is 10.6. The Kier molecular flexibility index (Phi) is 4.89. The van der Waals surface area contributed by atoms with E-state index in [2.05, 4.69) is 16.7 Å². The molecule has 0 aliphatic carbocycles. The van der Waals surface area contributed by atoms with Crippen molar-refractivity contribution < 1.29 is 9.59 Å². The molecule has 0 atom stereocenters. The number of carbonyl (C=O) groups is 2. The molecule has 0 bridgehead atoms. The average Bonchev–Trinajstić information content (AvgIpc) is 2.52. The van der Waals surface area contributed by atoms with E-state index in [9.17, 15) is 9.59 Å². The van der Waals surface area contributed by atoms with Crippen molar-refractivity contribution in [1.82, 2.24) is 5.32 Å². The molecule has 0 unspecified atom stereocenters. The Labute approximate surface area is 128 Å². The third-order valence-corrected chi connectivity index (χ3v) is 2.95. The van der Waals surface area contributed by atoms with Gasteiger partial charge in [-0.2, -0.15) is 5.26 Å². The maximum Gasteiger partial charge on any atom is 0.251 e. The van der Waals surface area contributed by atoms with Gasteiger partial charge in [0.2, 0.25) is 5.91 Å². The van der Waals surface area contributed by atoms with Gasteiger partial charge in [0, 0.05) is 24.7 Å². The number of amides is 2. The van der Waals surface area contributed by atoms with Crippen molar-refractivity contribution >= 4 is 17.5 Å². The summed E-state index contributed by atoms with van der Waals surface area (Å²) in [6.45, 7) is 1.74. The van der Waals surface area contributed by atoms with Crippen molar-refractivity contribution in [3.63, 3.8) is 0 Å². The van der Waals surface area contributed by atoms with E-state index in [0.717, 1.165) is 5.56 Å². The topological polar surface area (TPSA) is 82.0 Å². The van der Waals surface area contributed by atoms with E-state index in [4.69, 9.17) is 5.26 Å². The zero-order valence-electron chi connectivity index (χ0n) is 12.1. The second kappa shape index (κ2) is 7.04. The number of anilines is 1. The first kappa shape index (κ1) is 15.3. The predicted octanol–water partition coefficient (Wildman–Crippen LogP) is 2.45. The van der Waals surface area contributed by atoms with Crippen LogP contribution in [-0.2, 0) is 11.3 Å². The van der Waals surface area contributed by atoms with Gasteiger partial charge in [-0.3, -0.25) is 9.59 Å². The molecule has 0 aliphatic rings. The van der Waals surface area contributed by atoms with Crippen LogP contribution in [0.5, 0.6) is 0 Å². The third-order valence-electron chi connectivity index (χ3n) is 2.95. The Hall–Kier alpha value is -3.13. The van der Waals surface area contributed by atoms with Gasteiger partial charge in [0.15, 0.2) is 0 Å². The van der Waals surface area contributed by atoms with Crippen molar-refractivity contribution in [3.8, 4) is 6.07 Å². The molecule has 0 heterocycles. The minimum atomic E-state index is -0.241. The summed E-state index contributed by atoms with van der Waals surface area (Å²) in [4.78, 5) is 23.1. The summed E-state index contributed by atoms with van der Waals surface area (Å²) in [7, 11) is 0. The van der Waals surface area contributed by atoms with Crippen LogP contribution in [-0.4, -0.2) is 11.8 Å². The van der Waals surface area contributed by atoms with Crippen LogP contribution in [0.3, 0.4) is 0 Å². The molecular formula is C17H15N3O2. The number of nitrogens with one attached hydrogen (secondary N) is 2. The molecule has 0 saturated carbocycles. The van der Waals surface area contributed by atoms with Crippen molar-refractivity contribution in [2.75, 3.05) is 5.32 Å². The molecule has 2 N–H and O–H groups in total. The molecule has 0 saturated heterocycles. The van der Waals surface area contributed by atoms with E-state index >= 15 is 0 Å². The summed E-state index contributed by atoms with van der Waals surface area (Å²) in [6.07, 6.45) is 0. The van der Waals surface area contributed by atoms with Crippen LogP contribution < -0.4 is 10.6 Å². The number of benzene rings is 2. The van der Waals surface area contributed by atoms with Gasteiger partial charge in [0.25, 0.3) is 5.91 Å². The van der Waals surface area contributed by atoms with Crippen LogP contribution >= 0.6 is 0 Å². The first-order valence-electron chi connectivity index (χ1n) is 6.73. The molecular weight excluding hydrogens is 278 g/mol. The van der Waals surface area contributed by atoms with Crippen LogP contribution in [0.2, 0.25) is 0 Å². The van der Waals surface area contributed by atoms with Crippen LogP contribution in [0, 0.1) is 11.3 Å². The second-order valence-corrected chi connectivity index (χ2v) is 4.76. The molecule has 0 aliphatic heterocycles. The van der Waals surface area contributed by atoms with Gasteiger partial charge < -0.3 is 10.6 Å². The summed E-state index contributed by atoms with van der Waals surface area (Å²) >= 11 is 0. The normalized spacial score (nSPS) is 9.64. The number of hydrogen-bond donors (Lipinski definition) is 2. The van der Waals surface area contributed by atoms with E-state index in [1.54, 1.807) is 42.5 Å². The Morgan fingerprint density at radius 1 is 1.14 bits per heavy atom. The van der Waals surface area contributed by atoms with Crippen LogP contribution in [0.4, 0.5) is 5.69 Å². The SMILES string of the molecule is CC(=O)Nc1cccc(C(=O)NCc2cccc(C#N)c2)c1. The molecule has 2 amide bonds. The highest BCUT2D eigenvalue weighted by molar-refractivity contribution is 5.96. The Balaban J connectivity index is 2.03. The van der Waals surface area contributed by atoms with Crippen molar-refractivity contribution in [1.29, 1.82) is 5.26 Å². The van der Waals surface area contributed by atoms with Crippen molar-refractivity contribution in [3.05, 3.63) is 65.2 Å². The predicted molar refractivity (Wildman–Crippen MR) is 83.1 cm³/mol. The monoisotopic (exact) mass is 293 g/mol. The number of rotatable bonds is 4. The fourth-order valence-corrected chi connectivity index (χ4v) is 1.98. The standard InChI is InChI=1S/C17H15N3O2/c1-12(21)20-16-7-3-6-15(9-16)17(22)19-11-14-5-2-4-13(8-14)10-18/h2-9H,11H2,1H3,(H,19,22)(H,20,21). The number of carbonyl (C=O) groups excluding carboxylic acids is 2. The fraction of sp³-hybridized carbons (Fsp3) is 0.118. The Bertz CT molecular complexity index is 748. The molecule has 2 aromatic carbocycles. The first-order valence-corrected chi connectivity index (χ1v) is 6.73. The highest BCUT2D eigenvalue weighted by atomic mass is 16.2. The van der Waals surface area contributed by atoms with Gasteiger partial charge in [-0.25, -0.2) is 0 Å². The third kappa shape index (κ3) is 4.18. The maximum atomic E-state index is 12.1. The smallest absolute Gasteiger partial charge is 0.251 e. The summed E-state index contributed by atoms with van der Waals surface area (Å²) in [5, 5.41) is 14.3. The lowest BCUT2D eigenvalue weighted by Gasteiger charge is -2.08. The molecule has 2 aromatic rings. The van der Waals surface area contributed by atoms with Gasteiger partial charge in [0.05, 0.1) is 11.6 Å². The summed E-state index contributed by atoms with van der Waals surface area (Å²) in [6, 6.07) is 15.8. The zero-order chi connectivity index (χ0) is 15.9. The molecule has 0 spiro atoms. The molecule has 22 heavy (non-hydrogen) atoms. The lowest BCUT2D eigenvalue weighted by Crippen LogP contribution is -2.23. The van der Waals surface area contributed by atoms with Crippen LogP contribution in [0.1, 0.15) is 28.4 Å². The minimum absolute atomic E-state index is 0.189. The summed E-state index contributed by atoms with van der Waals surface area (Å²) < 4.78 is 0. The molecule has 110 valence electrons. The average molecular weight is 293 g/mol. The molecule has 5 nitrogen and oxygen atoms in total. The maximum absolute atomic E-state index is 12.1. The van der Waals surface area contributed by atoms with Crippen molar-refractivity contribution in [2.24, 2.45) is 0 Å². The molecule has 0 radical (unpaired) electrons. The number of nitrogens with zero attached hydrogens (tertiary/aromatic N) is 1. The van der Waals surface area contributed by atoms with E-state index in [0.29, 0.717) is 23.4 Å². The van der Waals surface area contributed by atoms with Gasteiger partial charge in [-0.05, 0) is 35.9 Å². The lowest BCUT2D eigenvalue weighted by atomic mass is 10.1. The van der Waals surface area contributed by atoms with Gasteiger partial charge >= 0.3 is 0 Å².